The summed E-state index contributed by atoms with van der Waals surface area (Å²) in [6.45, 7) is 8.66. The number of benzene rings is 2. The molecule has 1 saturated carbocycles. The molecule has 4 rings (SSSR count). The van der Waals surface area contributed by atoms with Gasteiger partial charge in [0.2, 0.25) is 0 Å². The Hall–Kier alpha value is -1.80. The fourth-order valence-corrected chi connectivity index (χ4v) is 3.90. The molecule has 0 amide bonds. The van der Waals surface area contributed by atoms with E-state index >= 15 is 0 Å². The number of hydrogen-bond donors (Lipinski definition) is 2. The van der Waals surface area contributed by atoms with E-state index in [1.807, 2.05) is 12.1 Å². The predicted octanol–water partition coefficient (Wildman–Crippen LogP) is 4.33. The number of hydrogen-bond acceptors (Lipinski definition) is 3. The van der Waals surface area contributed by atoms with Gasteiger partial charge < -0.3 is 16.0 Å². The number of aryl methyl sites for hydroxylation is 1. The van der Waals surface area contributed by atoms with Crippen molar-refractivity contribution in [2.75, 3.05) is 42.9 Å². The van der Waals surface area contributed by atoms with Crippen molar-refractivity contribution in [2.45, 2.75) is 32.7 Å². The van der Waals surface area contributed by atoms with Gasteiger partial charge >= 0.3 is 0 Å². The molecule has 2 aliphatic rings. The van der Waals surface area contributed by atoms with E-state index in [2.05, 4.69) is 63.4 Å². The molecule has 30 heavy (non-hydrogen) atoms. The average molecular weight is 519 g/mol. The van der Waals surface area contributed by atoms with E-state index in [0.29, 0.717) is 12.5 Å². The number of nitrogens with zero attached hydrogens (tertiary/aromatic N) is 3. The van der Waals surface area contributed by atoms with Gasteiger partial charge in [0.15, 0.2) is 5.96 Å². The first-order valence-electron chi connectivity index (χ1n) is 10.9. The van der Waals surface area contributed by atoms with Crippen LogP contribution in [0.25, 0.3) is 0 Å². The van der Waals surface area contributed by atoms with Crippen LogP contribution < -0.4 is 16.0 Å². The van der Waals surface area contributed by atoms with E-state index in [-0.39, 0.29) is 24.0 Å². The maximum absolute atomic E-state index is 6.07. The molecule has 1 aliphatic carbocycles. The van der Waals surface area contributed by atoms with Crippen molar-refractivity contribution in [3.05, 3.63) is 59.7 Å². The van der Waals surface area contributed by atoms with Crippen molar-refractivity contribution < 1.29 is 0 Å². The van der Waals surface area contributed by atoms with Crippen molar-refractivity contribution in [1.29, 1.82) is 0 Å². The lowest BCUT2D eigenvalue weighted by atomic mass is 10.1. The van der Waals surface area contributed by atoms with Gasteiger partial charge in [-0.1, -0.05) is 31.2 Å². The summed E-state index contributed by atoms with van der Waals surface area (Å²) < 4.78 is 0. The molecule has 0 bridgehead atoms. The summed E-state index contributed by atoms with van der Waals surface area (Å²) in [5.41, 5.74) is 10.8. The predicted molar refractivity (Wildman–Crippen MR) is 138 cm³/mol. The number of nitrogens with one attached hydrogen (secondary N) is 1. The molecule has 5 nitrogen and oxygen atoms in total. The van der Waals surface area contributed by atoms with Crippen LogP contribution in [0.2, 0.25) is 0 Å². The van der Waals surface area contributed by atoms with Crippen LogP contribution in [0, 0.1) is 5.92 Å². The molecule has 0 aromatic heterocycles. The highest BCUT2D eigenvalue weighted by molar-refractivity contribution is 14.0. The molecule has 3 N–H and O–H groups in total. The second-order valence-electron chi connectivity index (χ2n) is 8.28. The van der Waals surface area contributed by atoms with Gasteiger partial charge in [-0.2, -0.15) is 0 Å². The van der Waals surface area contributed by atoms with Crippen LogP contribution >= 0.6 is 24.0 Å². The second kappa shape index (κ2) is 11.0. The molecule has 1 heterocycles. The Morgan fingerprint density at radius 2 is 1.77 bits per heavy atom. The Bertz CT molecular complexity index is 824. The van der Waals surface area contributed by atoms with Crippen LogP contribution in [-0.4, -0.2) is 43.6 Å². The minimum Gasteiger partial charge on any atom is -0.370 e. The highest BCUT2D eigenvalue weighted by Gasteiger charge is 2.26. The van der Waals surface area contributed by atoms with Crippen molar-refractivity contribution in [1.82, 2.24) is 4.90 Å². The highest BCUT2D eigenvalue weighted by atomic mass is 127. The largest absolute Gasteiger partial charge is 0.370 e. The molecule has 1 saturated heterocycles. The Kier molecular flexibility index (Phi) is 8.39. The van der Waals surface area contributed by atoms with Crippen molar-refractivity contribution in [3.8, 4) is 0 Å². The van der Waals surface area contributed by atoms with Crippen molar-refractivity contribution in [3.63, 3.8) is 0 Å². The summed E-state index contributed by atoms with van der Waals surface area (Å²) in [7, 11) is 0. The number of nitrogens with two attached hydrogens (primary N) is 1. The Morgan fingerprint density at radius 1 is 1.03 bits per heavy atom. The molecular formula is C24H34IN5. The van der Waals surface area contributed by atoms with Crippen LogP contribution in [0.1, 0.15) is 30.9 Å². The Balaban J connectivity index is 0.00000256. The van der Waals surface area contributed by atoms with Gasteiger partial charge in [0.1, 0.15) is 0 Å². The van der Waals surface area contributed by atoms with E-state index in [0.717, 1.165) is 31.1 Å². The molecule has 0 spiro atoms. The van der Waals surface area contributed by atoms with Crippen LogP contribution in [0.3, 0.4) is 0 Å². The zero-order valence-corrected chi connectivity index (χ0v) is 20.2. The van der Waals surface area contributed by atoms with E-state index in [4.69, 9.17) is 5.73 Å². The van der Waals surface area contributed by atoms with E-state index in [1.54, 1.807) is 0 Å². The number of rotatable bonds is 7. The maximum Gasteiger partial charge on any atom is 0.193 e. The summed E-state index contributed by atoms with van der Waals surface area (Å²) in [6.07, 6.45) is 3.89. The molecule has 2 fully saturated rings. The first-order chi connectivity index (χ1) is 14.2. The topological polar surface area (TPSA) is 56.9 Å². The summed E-state index contributed by atoms with van der Waals surface area (Å²) in [6, 6.07) is 17.1. The number of guanidine groups is 1. The van der Waals surface area contributed by atoms with Crippen LogP contribution in [0.5, 0.6) is 0 Å². The lowest BCUT2D eigenvalue weighted by Crippen LogP contribution is -2.47. The minimum atomic E-state index is 0. The summed E-state index contributed by atoms with van der Waals surface area (Å²) >= 11 is 0. The smallest absolute Gasteiger partial charge is 0.193 e. The quantitative estimate of drug-likeness (QED) is 0.325. The summed E-state index contributed by atoms with van der Waals surface area (Å²) in [5, 5.41) is 3.19. The molecule has 1 aliphatic heterocycles. The lowest BCUT2D eigenvalue weighted by molar-refractivity contribution is 0.248. The molecule has 162 valence electrons. The monoisotopic (exact) mass is 519 g/mol. The van der Waals surface area contributed by atoms with Gasteiger partial charge in [-0.15, -0.1) is 24.0 Å². The number of aliphatic imine (C=N–C) groups is 1. The van der Waals surface area contributed by atoms with Crippen LogP contribution in [0.4, 0.5) is 11.4 Å². The van der Waals surface area contributed by atoms with Gasteiger partial charge in [0.25, 0.3) is 0 Å². The Labute approximate surface area is 197 Å². The number of halogens is 1. The molecule has 0 unspecified atom stereocenters. The third-order valence-corrected chi connectivity index (χ3v) is 5.93. The first-order valence-corrected chi connectivity index (χ1v) is 10.9. The molecule has 2 aromatic carbocycles. The van der Waals surface area contributed by atoms with Gasteiger partial charge in [0.05, 0.1) is 6.54 Å². The fraction of sp³-hybridized carbons (Fsp3) is 0.458. The average Bonchev–Trinajstić information content (AvgIpc) is 3.57. The van der Waals surface area contributed by atoms with Crippen molar-refractivity contribution in [2.24, 2.45) is 16.6 Å². The van der Waals surface area contributed by atoms with Gasteiger partial charge in [-0.05, 0) is 60.6 Å². The molecule has 0 atom stereocenters. The first kappa shape index (κ1) is 22.9. The zero-order valence-electron chi connectivity index (χ0n) is 17.9. The summed E-state index contributed by atoms with van der Waals surface area (Å²) in [5.74, 6) is 1.44. The van der Waals surface area contributed by atoms with Crippen LogP contribution in [0.15, 0.2) is 53.5 Å². The normalized spacial score (nSPS) is 17.5. The number of anilines is 2. The minimum absolute atomic E-state index is 0. The Morgan fingerprint density at radius 3 is 2.43 bits per heavy atom. The van der Waals surface area contributed by atoms with Gasteiger partial charge in [0, 0.05) is 44.1 Å². The highest BCUT2D eigenvalue weighted by Crippen LogP contribution is 2.30. The number of piperazine rings is 1. The van der Waals surface area contributed by atoms with Gasteiger partial charge in [-0.25, -0.2) is 4.99 Å². The molecule has 2 aromatic rings. The standard InChI is InChI=1S/C24H33N5.HI/c1-2-19-4-3-5-22(16-19)27-24(25)26-17-20-8-10-23(11-9-20)29-14-12-28(13-15-29)18-21-6-7-21;/h3-5,8-11,16,21H,2,6-7,12-15,17-18H2,1H3,(H3,25,26,27);1H. The van der Waals surface area contributed by atoms with Gasteiger partial charge in [-0.3, -0.25) is 4.90 Å². The SMILES string of the molecule is CCc1cccc(NC(N)=NCc2ccc(N3CCN(CC4CC4)CC3)cc2)c1.I. The molecule has 6 heteroatoms. The lowest BCUT2D eigenvalue weighted by Gasteiger charge is -2.36. The summed E-state index contributed by atoms with van der Waals surface area (Å²) in [4.78, 5) is 9.62. The zero-order chi connectivity index (χ0) is 20.1. The van der Waals surface area contributed by atoms with E-state index < -0.39 is 0 Å². The third kappa shape index (κ3) is 6.60. The van der Waals surface area contributed by atoms with Crippen LogP contribution in [-0.2, 0) is 13.0 Å². The van der Waals surface area contributed by atoms with E-state index in [9.17, 15) is 0 Å². The fourth-order valence-electron chi connectivity index (χ4n) is 3.90. The van der Waals surface area contributed by atoms with E-state index in [1.165, 1.54) is 49.3 Å². The molecular weight excluding hydrogens is 485 g/mol. The maximum atomic E-state index is 6.07. The molecule has 0 radical (unpaired) electrons. The van der Waals surface area contributed by atoms with Crippen molar-refractivity contribution >= 4 is 41.3 Å². The third-order valence-electron chi connectivity index (χ3n) is 5.93. The second-order valence-corrected chi connectivity index (χ2v) is 8.28.